The first-order chi connectivity index (χ1) is 18.6. The summed E-state index contributed by atoms with van der Waals surface area (Å²) >= 11 is 0. The van der Waals surface area contributed by atoms with Gasteiger partial charge >= 0.3 is 0 Å². The fourth-order valence-corrected chi connectivity index (χ4v) is 5.06. The van der Waals surface area contributed by atoms with E-state index in [-0.39, 0.29) is 17.4 Å². The average molecular weight is 502 g/mol. The molecule has 188 valence electrons. The quantitative estimate of drug-likeness (QED) is 0.337. The van der Waals surface area contributed by atoms with Gasteiger partial charge in [-0.1, -0.05) is 54.6 Å². The molecule has 0 bridgehead atoms. The van der Waals surface area contributed by atoms with Crippen molar-refractivity contribution >= 4 is 22.5 Å². The third kappa shape index (κ3) is 4.96. The first-order valence-corrected chi connectivity index (χ1v) is 12.7. The number of aromatic amines is 1. The number of rotatable bonds is 6. The number of pyridine rings is 3. The summed E-state index contributed by atoms with van der Waals surface area (Å²) < 4.78 is 0. The van der Waals surface area contributed by atoms with Gasteiger partial charge in [0.1, 0.15) is 0 Å². The normalized spacial score (nSPS) is 15.5. The topological polar surface area (TPSA) is 91.0 Å². The minimum absolute atomic E-state index is 0.0270. The standard InChI is InChI=1S/C31H27N5O2/c37-30(34-25-10-14-32-15-11-25)24-13-17-36(20-24)19-21-6-8-23(9-7-21)29-26(22-4-2-1-3-5-22)18-27-28(35-29)12-16-33-31(27)38/h1-12,14-16,18,24H,13,17,19-20H2,(H,33,38)(H,32,34,37)/t24-/m1/s1. The molecule has 0 aliphatic carbocycles. The Morgan fingerprint density at radius 3 is 2.55 bits per heavy atom. The summed E-state index contributed by atoms with van der Waals surface area (Å²) in [5, 5.41) is 3.57. The molecular weight excluding hydrogens is 474 g/mol. The monoisotopic (exact) mass is 501 g/mol. The minimum atomic E-state index is -0.146. The first kappa shape index (κ1) is 23.8. The molecule has 1 saturated heterocycles. The van der Waals surface area contributed by atoms with Gasteiger partial charge in [0, 0.05) is 48.5 Å². The summed E-state index contributed by atoms with van der Waals surface area (Å²) in [6, 6.07) is 25.8. The molecule has 1 aliphatic rings. The molecule has 7 nitrogen and oxygen atoms in total. The fraction of sp³-hybridized carbons (Fsp3) is 0.161. The molecule has 4 heterocycles. The molecule has 1 aliphatic heterocycles. The molecule has 0 radical (unpaired) electrons. The van der Waals surface area contributed by atoms with E-state index in [1.165, 1.54) is 5.56 Å². The highest BCUT2D eigenvalue weighted by molar-refractivity contribution is 5.93. The lowest BCUT2D eigenvalue weighted by molar-refractivity contribution is -0.119. The predicted molar refractivity (Wildman–Crippen MR) is 149 cm³/mol. The van der Waals surface area contributed by atoms with E-state index in [1.54, 1.807) is 30.7 Å². The Bertz CT molecular complexity index is 1630. The molecule has 0 unspecified atom stereocenters. The lowest BCUT2D eigenvalue weighted by atomic mass is 9.97. The summed E-state index contributed by atoms with van der Waals surface area (Å²) in [6.07, 6.45) is 5.83. The zero-order chi connectivity index (χ0) is 25.9. The molecule has 0 saturated carbocycles. The number of likely N-dealkylation sites (tertiary alicyclic amines) is 1. The van der Waals surface area contributed by atoms with E-state index in [9.17, 15) is 9.59 Å². The van der Waals surface area contributed by atoms with Gasteiger partial charge in [0.25, 0.3) is 5.56 Å². The highest BCUT2D eigenvalue weighted by atomic mass is 16.2. The minimum Gasteiger partial charge on any atom is -0.328 e. The van der Waals surface area contributed by atoms with Crippen molar-refractivity contribution < 1.29 is 4.79 Å². The zero-order valence-corrected chi connectivity index (χ0v) is 20.8. The number of amides is 1. The van der Waals surface area contributed by atoms with Crippen LogP contribution in [0.5, 0.6) is 0 Å². The van der Waals surface area contributed by atoms with Crippen molar-refractivity contribution in [1.29, 1.82) is 0 Å². The number of H-pyrrole nitrogens is 1. The van der Waals surface area contributed by atoms with Crippen LogP contribution < -0.4 is 10.9 Å². The third-order valence-electron chi connectivity index (χ3n) is 7.06. The van der Waals surface area contributed by atoms with E-state index < -0.39 is 0 Å². The first-order valence-electron chi connectivity index (χ1n) is 12.7. The van der Waals surface area contributed by atoms with E-state index in [2.05, 4.69) is 44.5 Å². The van der Waals surface area contributed by atoms with Gasteiger partial charge in [0.2, 0.25) is 5.91 Å². The molecule has 7 heteroatoms. The maximum absolute atomic E-state index is 12.7. The number of carbonyl (C=O) groups is 1. The van der Waals surface area contributed by atoms with E-state index in [1.807, 2.05) is 42.5 Å². The molecule has 6 rings (SSSR count). The lowest BCUT2D eigenvalue weighted by Crippen LogP contribution is -2.26. The Kier molecular flexibility index (Phi) is 6.50. The van der Waals surface area contributed by atoms with Crippen LogP contribution >= 0.6 is 0 Å². The molecule has 3 aromatic heterocycles. The van der Waals surface area contributed by atoms with Crippen LogP contribution in [0.4, 0.5) is 5.69 Å². The Morgan fingerprint density at radius 1 is 0.974 bits per heavy atom. The van der Waals surface area contributed by atoms with Crippen LogP contribution in [0.2, 0.25) is 0 Å². The van der Waals surface area contributed by atoms with Crippen LogP contribution in [0.25, 0.3) is 33.3 Å². The average Bonchev–Trinajstić information content (AvgIpc) is 3.43. The molecule has 1 atom stereocenters. The highest BCUT2D eigenvalue weighted by Gasteiger charge is 2.28. The smallest absolute Gasteiger partial charge is 0.257 e. The Morgan fingerprint density at radius 2 is 1.76 bits per heavy atom. The number of benzene rings is 2. The molecule has 1 amide bonds. The Labute approximate surface area is 220 Å². The summed E-state index contributed by atoms with van der Waals surface area (Å²) in [4.78, 5) is 39.1. The number of hydrogen-bond acceptors (Lipinski definition) is 5. The van der Waals surface area contributed by atoms with Crippen molar-refractivity contribution in [2.24, 2.45) is 5.92 Å². The number of anilines is 1. The van der Waals surface area contributed by atoms with Crippen molar-refractivity contribution in [1.82, 2.24) is 19.9 Å². The van der Waals surface area contributed by atoms with Gasteiger partial charge in [-0.05, 0) is 48.4 Å². The maximum atomic E-state index is 12.7. The lowest BCUT2D eigenvalue weighted by Gasteiger charge is -2.17. The van der Waals surface area contributed by atoms with Crippen molar-refractivity contribution in [2.75, 3.05) is 18.4 Å². The van der Waals surface area contributed by atoms with E-state index >= 15 is 0 Å². The van der Waals surface area contributed by atoms with E-state index in [4.69, 9.17) is 4.98 Å². The summed E-state index contributed by atoms with van der Waals surface area (Å²) in [7, 11) is 0. The van der Waals surface area contributed by atoms with Gasteiger partial charge in [-0.25, -0.2) is 4.98 Å². The second kappa shape index (κ2) is 10.4. The summed E-state index contributed by atoms with van der Waals surface area (Å²) in [6.45, 7) is 2.40. The van der Waals surface area contributed by atoms with Crippen LogP contribution in [-0.4, -0.2) is 38.8 Å². The maximum Gasteiger partial charge on any atom is 0.257 e. The zero-order valence-electron chi connectivity index (χ0n) is 20.8. The molecular formula is C31H27N5O2. The number of nitrogens with one attached hydrogen (secondary N) is 2. The van der Waals surface area contributed by atoms with E-state index in [0.717, 1.165) is 54.1 Å². The molecule has 5 aromatic rings. The van der Waals surface area contributed by atoms with Crippen LogP contribution in [0, 0.1) is 5.92 Å². The fourth-order valence-electron chi connectivity index (χ4n) is 5.06. The van der Waals surface area contributed by atoms with Crippen molar-refractivity contribution in [3.8, 4) is 22.4 Å². The second-order valence-corrected chi connectivity index (χ2v) is 9.63. The van der Waals surface area contributed by atoms with Gasteiger partial charge in [0.15, 0.2) is 0 Å². The second-order valence-electron chi connectivity index (χ2n) is 9.63. The van der Waals surface area contributed by atoms with Crippen LogP contribution in [-0.2, 0) is 11.3 Å². The number of fused-ring (bicyclic) bond motifs is 1. The van der Waals surface area contributed by atoms with E-state index in [0.29, 0.717) is 10.9 Å². The third-order valence-corrected chi connectivity index (χ3v) is 7.06. The van der Waals surface area contributed by atoms with Crippen LogP contribution in [0.1, 0.15) is 12.0 Å². The van der Waals surface area contributed by atoms with Crippen molar-refractivity contribution in [3.63, 3.8) is 0 Å². The number of hydrogen-bond donors (Lipinski definition) is 2. The largest absolute Gasteiger partial charge is 0.328 e. The van der Waals surface area contributed by atoms with Crippen molar-refractivity contribution in [2.45, 2.75) is 13.0 Å². The Balaban J connectivity index is 1.21. The van der Waals surface area contributed by atoms with Gasteiger partial charge in [-0.2, -0.15) is 0 Å². The predicted octanol–water partition coefficient (Wildman–Crippen LogP) is 5.11. The SMILES string of the molecule is O=C(Nc1ccncc1)[C@@H]1CCN(Cc2ccc(-c3nc4cc[nH]c(=O)c4cc3-c3ccccc3)cc2)C1. The van der Waals surface area contributed by atoms with Crippen LogP contribution in [0.15, 0.2) is 102 Å². The van der Waals surface area contributed by atoms with Gasteiger partial charge in [0.05, 0.1) is 22.5 Å². The molecule has 0 spiro atoms. The molecule has 2 N–H and O–H groups in total. The van der Waals surface area contributed by atoms with Crippen molar-refractivity contribution in [3.05, 3.63) is 113 Å². The van der Waals surface area contributed by atoms with Gasteiger partial charge in [-0.3, -0.25) is 19.5 Å². The van der Waals surface area contributed by atoms with Gasteiger partial charge in [-0.15, -0.1) is 0 Å². The highest BCUT2D eigenvalue weighted by Crippen LogP contribution is 2.33. The number of carbonyl (C=O) groups excluding carboxylic acids is 1. The molecule has 38 heavy (non-hydrogen) atoms. The number of aromatic nitrogens is 3. The number of nitrogens with zero attached hydrogens (tertiary/aromatic N) is 3. The summed E-state index contributed by atoms with van der Waals surface area (Å²) in [5.74, 6) is 0.0320. The van der Waals surface area contributed by atoms with Crippen LogP contribution in [0.3, 0.4) is 0 Å². The summed E-state index contributed by atoms with van der Waals surface area (Å²) in [5.41, 5.74) is 6.25. The van der Waals surface area contributed by atoms with Gasteiger partial charge < -0.3 is 10.3 Å². The molecule has 2 aromatic carbocycles. The Hall–Kier alpha value is -4.62. The molecule has 1 fully saturated rings.